The lowest BCUT2D eigenvalue weighted by molar-refractivity contribution is 0.693. The van der Waals surface area contributed by atoms with E-state index in [4.69, 9.17) is 0 Å². The van der Waals surface area contributed by atoms with E-state index < -0.39 is 9.36 Å². The molecule has 0 saturated heterocycles. The Morgan fingerprint density at radius 1 is 2.00 bits per heavy atom. The van der Waals surface area contributed by atoms with Crippen molar-refractivity contribution in [3.8, 4) is 0 Å². The third kappa shape index (κ3) is 3.30. The summed E-state index contributed by atoms with van der Waals surface area (Å²) in [5, 5.41) is 0. The molecule has 0 aromatic carbocycles. The number of thiol groups is 1. The number of halogens is 1. The number of alkyl halides is 1. The summed E-state index contributed by atoms with van der Waals surface area (Å²) in [5.74, 6) is 0. The Balaban J connectivity index is 3.57. The largest absolute Gasteiger partial charge is 0.259 e. The van der Waals surface area contributed by atoms with E-state index in [1.807, 2.05) is 29.5 Å². The van der Waals surface area contributed by atoms with Gasteiger partial charge in [-0.2, -0.15) is 0 Å². The lowest BCUT2D eigenvalue weighted by Gasteiger charge is -1.83. The number of hydrogen-bond donors (Lipinski definition) is 1. The Labute approximate surface area is 57.3 Å². The summed E-state index contributed by atoms with van der Waals surface area (Å²) in [6, 6.07) is 0. The van der Waals surface area contributed by atoms with Gasteiger partial charge in [-0.05, 0) is 18.1 Å². The third-order valence-corrected chi connectivity index (χ3v) is 4.47. The Kier molecular flexibility index (Phi) is 3.72. The first kappa shape index (κ1) is 7.10. The van der Waals surface area contributed by atoms with Gasteiger partial charge in [-0.1, -0.05) is 22.6 Å². The quantitative estimate of drug-likeness (QED) is 0.410. The van der Waals surface area contributed by atoms with Crippen LogP contribution in [0.4, 0.5) is 0 Å². The molecule has 0 saturated carbocycles. The second kappa shape index (κ2) is 3.15. The van der Waals surface area contributed by atoms with Gasteiger partial charge in [-0.3, -0.25) is 4.21 Å². The third-order valence-electron chi connectivity index (χ3n) is 0.291. The van der Waals surface area contributed by atoms with Crippen molar-refractivity contribution < 1.29 is 4.21 Å². The van der Waals surface area contributed by atoms with E-state index in [1.165, 1.54) is 0 Å². The zero-order valence-corrected chi connectivity index (χ0v) is 7.09. The summed E-state index contributed by atoms with van der Waals surface area (Å²) >= 11 is 6.45. The molecule has 4 heteroatoms. The second-order valence-corrected chi connectivity index (χ2v) is 6.14. The second-order valence-electron chi connectivity index (χ2n) is 0.859. The summed E-state index contributed by atoms with van der Waals surface area (Å²) < 4.78 is 10.2. The predicted molar refractivity (Wildman–Crippen MR) is 40.4 cm³/mol. The molecular formula is C2H5IOS2. The van der Waals surface area contributed by atoms with E-state index in [2.05, 4.69) is 11.2 Å². The molecule has 0 rings (SSSR count). The zero-order valence-electron chi connectivity index (χ0n) is 3.22. The lowest BCUT2D eigenvalue weighted by Crippen LogP contribution is -1.86. The van der Waals surface area contributed by atoms with E-state index >= 15 is 0 Å². The molecule has 1 nitrogen and oxygen atoms in total. The molecule has 38 valence electrons. The van der Waals surface area contributed by atoms with Crippen molar-refractivity contribution >= 4 is 43.1 Å². The summed E-state index contributed by atoms with van der Waals surface area (Å²) in [6.45, 7) is 1.84. The highest BCUT2D eigenvalue weighted by molar-refractivity contribution is 14.1. The van der Waals surface area contributed by atoms with Gasteiger partial charge in [0.1, 0.15) is 0 Å². The van der Waals surface area contributed by atoms with Crippen molar-refractivity contribution in [2.45, 2.75) is 10.2 Å². The SMILES string of the molecule is C[C@H](I)[SH](=O)=S. The molecule has 0 aromatic rings. The van der Waals surface area contributed by atoms with E-state index in [-0.39, 0.29) is 3.26 Å². The summed E-state index contributed by atoms with van der Waals surface area (Å²) in [5.41, 5.74) is 0. The molecule has 0 fully saturated rings. The van der Waals surface area contributed by atoms with Gasteiger partial charge >= 0.3 is 0 Å². The first-order chi connectivity index (χ1) is 2.64. The summed E-state index contributed by atoms with van der Waals surface area (Å²) in [7, 11) is -1.34. The van der Waals surface area contributed by atoms with Crippen LogP contribution in [0.25, 0.3) is 0 Å². The zero-order chi connectivity index (χ0) is 5.15. The highest BCUT2D eigenvalue weighted by Crippen LogP contribution is 1.96. The van der Waals surface area contributed by atoms with Crippen LogP contribution in [0.2, 0.25) is 0 Å². The highest BCUT2D eigenvalue weighted by atomic mass is 127. The Hall–Kier alpha value is 1.10. The van der Waals surface area contributed by atoms with E-state index in [1.54, 1.807) is 0 Å². The number of hydrogen-bond acceptors (Lipinski definition) is 2. The minimum absolute atomic E-state index is 0.146. The average Bonchev–Trinajstić information content (AvgIpc) is 1.36. The van der Waals surface area contributed by atoms with Crippen molar-refractivity contribution in [2.75, 3.05) is 0 Å². The van der Waals surface area contributed by atoms with Crippen LogP contribution in [-0.4, -0.2) is 7.47 Å². The van der Waals surface area contributed by atoms with Gasteiger partial charge in [0.05, 0.1) is 3.26 Å². The Morgan fingerprint density at radius 3 is 2.17 bits per heavy atom. The van der Waals surface area contributed by atoms with Gasteiger partial charge in [0, 0.05) is 9.36 Å². The molecular weight excluding hydrogens is 231 g/mol. The fourth-order valence-electron chi connectivity index (χ4n) is 0. The van der Waals surface area contributed by atoms with E-state index in [0.29, 0.717) is 0 Å². The van der Waals surface area contributed by atoms with Crippen LogP contribution in [0, 0.1) is 0 Å². The number of rotatable bonds is 1. The molecule has 0 bridgehead atoms. The van der Waals surface area contributed by atoms with Crippen molar-refractivity contribution in [3.63, 3.8) is 0 Å². The van der Waals surface area contributed by atoms with Crippen LogP contribution in [0.15, 0.2) is 0 Å². The maximum absolute atomic E-state index is 10.1. The Morgan fingerprint density at radius 2 is 2.17 bits per heavy atom. The molecule has 0 aliphatic rings. The maximum atomic E-state index is 10.1. The van der Waals surface area contributed by atoms with Crippen LogP contribution < -0.4 is 0 Å². The lowest BCUT2D eigenvalue weighted by atomic mass is 11.0. The summed E-state index contributed by atoms with van der Waals surface area (Å²) in [4.78, 5) is 0. The molecule has 0 aliphatic carbocycles. The fraction of sp³-hybridized carbons (Fsp3) is 1.00. The highest BCUT2D eigenvalue weighted by Gasteiger charge is 1.87. The van der Waals surface area contributed by atoms with Crippen molar-refractivity contribution in [1.29, 1.82) is 0 Å². The van der Waals surface area contributed by atoms with Gasteiger partial charge < -0.3 is 0 Å². The van der Waals surface area contributed by atoms with Gasteiger partial charge in [0.15, 0.2) is 0 Å². The fourth-order valence-corrected chi connectivity index (χ4v) is 0. The van der Waals surface area contributed by atoms with Gasteiger partial charge in [-0.15, -0.1) is 0 Å². The Bertz CT molecular complexity index is 87.7. The van der Waals surface area contributed by atoms with Crippen LogP contribution in [0.5, 0.6) is 0 Å². The molecule has 0 aromatic heterocycles. The van der Waals surface area contributed by atoms with Crippen molar-refractivity contribution in [2.24, 2.45) is 0 Å². The first-order valence-electron chi connectivity index (χ1n) is 1.42. The molecule has 0 spiro atoms. The molecule has 0 radical (unpaired) electrons. The predicted octanol–water partition coefficient (Wildman–Crippen LogP) is 0.710. The van der Waals surface area contributed by atoms with Crippen LogP contribution in [-0.2, 0) is 20.5 Å². The molecule has 0 amide bonds. The van der Waals surface area contributed by atoms with Crippen molar-refractivity contribution in [1.82, 2.24) is 0 Å². The van der Waals surface area contributed by atoms with Crippen LogP contribution in [0.1, 0.15) is 6.92 Å². The molecule has 6 heavy (non-hydrogen) atoms. The van der Waals surface area contributed by atoms with E-state index in [0.717, 1.165) is 0 Å². The standard InChI is InChI=1S/C2H5IOS2/c1-2(3)6(4)5/h2,6H,1H3/t2-/m1/s1. The first-order valence-corrected chi connectivity index (χ1v) is 5.01. The molecule has 2 atom stereocenters. The summed E-state index contributed by atoms with van der Waals surface area (Å²) in [6.07, 6.45) is 0. The minimum Gasteiger partial charge on any atom is -0.259 e. The maximum Gasteiger partial charge on any atom is 0.0832 e. The molecule has 0 N–H and O–H groups in total. The topological polar surface area (TPSA) is 17.1 Å². The molecule has 0 aliphatic heterocycles. The van der Waals surface area contributed by atoms with Crippen molar-refractivity contribution in [3.05, 3.63) is 0 Å². The van der Waals surface area contributed by atoms with Crippen LogP contribution >= 0.6 is 22.6 Å². The molecule has 0 heterocycles. The van der Waals surface area contributed by atoms with Gasteiger partial charge in [0.25, 0.3) is 0 Å². The monoisotopic (exact) mass is 236 g/mol. The molecule has 1 unspecified atom stereocenters. The normalized spacial score (nSPS) is 19.7. The van der Waals surface area contributed by atoms with E-state index in [9.17, 15) is 4.21 Å². The minimum atomic E-state index is -1.34. The van der Waals surface area contributed by atoms with Crippen LogP contribution in [0.3, 0.4) is 0 Å². The van der Waals surface area contributed by atoms with Gasteiger partial charge in [0.2, 0.25) is 0 Å². The smallest absolute Gasteiger partial charge is 0.0832 e. The average molecular weight is 236 g/mol. The van der Waals surface area contributed by atoms with Gasteiger partial charge in [-0.25, -0.2) is 0 Å².